The Kier molecular flexibility index (Phi) is 10.5. The monoisotopic (exact) mass is 743 g/mol. The second-order valence-electron chi connectivity index (χ2n) is 16.2. The third kappa shape index (κ3) is 8.13. The van der Waals surface area contributed by atoms with Gasteiger partial charge < -0.3 is 20.3 Å². The number of carbonyl (C=O) groups is 5. The number of hydrogen-bond acceptors (Lipinski definition) is 8. The summed E-state index contributed by atoms with van der Waals surface area (Å²) in [4.78, 5) is 71.7. The van der Waals surface area contributed by atoms with Crippen molar-refractivity contribution in [2.24, 2.45) is 17.8 Å². The molecule has 0 aromatic heterocycles. The van der Waals surface area contributed by atoms with Crippen molar-refractivity contribution in [1.82, 2.24) is 25.2 Å². The molecule has 284 valence electrons. The topological polar surface area (TPSA) is 171 Å². The molecule has 0 unspecified atom stereocenters. The third-order valence-electron chi connectivity index (χ3n) is 11.0. The molecule has 0 bridgehead atoms. The van der Waals surface area contributed by atoms with E-state index in [0.717, 1.165) is 32.1 Å². The van der Waals surface area contributed by atoms with E-state index < -0.39 is 80.0 Å². The molecule has 4 fully saturated rings. The van der Waals surface area contributed by atoms with E-state index in [0.29, 0.717) is 24.0 Å². The van der Waals surface area contributed by atoms with Crippen LogP contribution in [0.5, 0.6) is 0 Å². The minimum absolute atomic E-state index is 0.0110. The van der Waals surface area contributed by atoms with Crippen LogP contribution >= 0.6 is 0 Å². The van der Waals surface area contributed by atoms with Gasteiger partial charge in [0.25, 0.3) is 5.91 Å². The number of amides is 5. The van der Waals surface area contributed by atoms with Crippen molar-refractivity contribution >= 4 is 39.7 Å². The van der Waals surface area contributed by atoms with Gasteiger partial charge in [-0.3, -0.25) is 28.8 Å². The van der Waals surface area contributed by atoms with E-state index >= 15 is 0 Å². The number of likely N-dealkylation sites (tertiary alicyclic amines) is 1. The van der Waals surface area contributed by atoms with Gasteiger partial charge in [0.2, 0.25) is 27.7 Å². The summed E-state index contributed by atoms with van der Waals surface area (Å²) in [6.07, 6.45) is 4.98. The van der Waals surface area contributed by atoms with Crippen LogP contribution in [0.3, 0.4) is 0 Å². The molecule has 2 aliphatic heterocycles. The van der Waals surface area contributed by atoms with Gasteiger partial charge >= 0.3 is 6.09 Å². The van der Waals surface area contributed by atoms with Crippen LogP contribution in [-0.2, 0) is 47.0 Å². The molecule has 5 aliphatic rings. The average molecular weight is 744 g/mol. The molecule has 5 amide bonds. The Bertz CT molecular complexity index is 1740. The van der Waals surface area contributed by atoms with Gasteiger partial charge in [0, 0.05) is 42.3 Å². The van der Waals surface area contributed by atoms with Gasteiger partial charge in [-0.25, -0.2) is 17.6 Å². The van der Waals surface area contributed by atoms with Crippen molar-refractivity contribution in [1.29, 1.82) is 0 Å². The molecular weight excluding hydrogens is 693 g/mol. The molecule has 0 radical (unpaired) electrons. The van der Waals surface area contributed by atoms with Crippen LogP contribution in [0.2, 0.25) is 0 Å². The molecule has 15 heteroatoms. The molecule has 3 aliphatic carbocycles. The number of halogens is 1. The number of sulfonamides is 1. The Morgan fingerprint density at radius 2 is 1.79 bits per heavy atom. The van der Waals surface area contributed by atoms with E-state index in [2.05, 4.69) is 21.9 Å². The molecule has 1 aromatic rings. The van der Waals surface area contributed by atoms with E-state index in [1.54, 1.807) is 12.1 Å². The van der Waals surface area contributed by atoms with Crippen LogP contribution in [0.4, 0.5) is 9.18 Å². The van der Waals surface area contributed by atoms with Crippen LogP contribution in [0.25, 0.3) is 0 Å². The zero-order chi connectivity index (χ0) is 37.6. The van der Waals surface area contributed by atoms with Gasteiger partial charge in [0.1, 0.15) is 23.5 Å². The molecule has 2 heterocycles. The highest BCUT2D eigenvalue weighted by Gasteiger charge is 2.62. The Morgan fingerprint density at radius 1 is 1.08 bits per heavy atom. The summed E-state index contributed by atoms with van der Waals surface area (Å²) in [6, 6.07) is 3.44. The lowest BCUT2D eigenvalue weighted by atomic mass is 9.77. The maximum atomic E-state index is 14.6. The standard InChI is InChI=1S/C37H50FN5O8S/c1-5-24-18-37(24,34(47)41-52(49,50)26-14-15-26)40-32(45)30-16-25(51-35(48)42-19-23-12-9-13-29(38)28(23)21-42)20-43(30)33(46)27(22-10-7-6-8-11-22)17-31(44)39-36(2,3)4/h5,9,12-13,22,24-27,30H,1,6-8,10-11,14-21H2,2-4H3,(H,39,44)(H,40,45)(H,41,47)/t24-,25-,27-,30+,37+/m1/s1. The van der Waals surface area contributed by atoms with Crippen molar-refractivity contribution in [3.8, 4) is 0 Å². The fraction of sp³-hybridized carbons (Fsp3) is 0.649. The zero-order valence-electron chi connectivity index (χ0n) is 30.1. The Morgan fingerprint density at radius 3 is 2.40 bits per heavy atom. The Balaban J connectivity index is 1.24. The first kappa shape index (κ1) is 37.7. The summed E-state index contributed by atoms with van der Waals surface area (Å²) >= 11 is 0. The predicted molar refractivity (Wildman–Crippen MR) is 188 cm³/mol. The van der Waals surface area contributed by atoms with Gasteiger partial charge in [-0.05, 0) is 70.4 Å². The van der Waals surface area contributed by atoms with E-state index in [4.69, 9.17) is 4.74 Å². The largest absolute Gasteiger partial charge is 0.444 e. The van der Waals surface area contributed by atoms with Gasteiger partial charge in [-0.2, -0.15) is 0 Å². The number of hydrogen-bond donors (Lipinski definition) is 3. The predicted octanol–water partition coefficient (Wildman–Crippen LogP) is 3.42. The number of carbonyl (C=O) groups excluding carboxylic acids is 5. The molecule has 3 N–H and O–H groups in total. The molecule has 5 atom stereocenters. The first-order valence-corrected chi connectivity index (χ1v) is 19.9. The normalized spacial score (nSPS) is 26.6. The van der Waals surface area contributed by atoms with Crippen LogP contribution in [0.1, 0.15) is 96.1 Å². The second-order valence-corrected chi connectivity index (χ2v) is 18.1. The maximum absolute atomic E-state index is 14.6. The van der Waals surface area contributed by atoms with Gasteiger partial charge in [-0.1, -0.05) is 37.5 Å². The molecule has 1 saturated heterocycles. The summed E-state index contributed by atoms with van der Waals surface area (Å²) in [5.41, 5.74) is -1.05. The van der Waals surface area contributed by atoms with Crippen molar-refractivity contribution < 1.29 is 41.5 Å². The smallest absolute Gasteiger partial charge is 0.410 e. The molecule has 52 heavy (non-hydrogen) atoms. The average Bonchev–Trinajstić information content (AvgIpc) is 3.97. The van der Waals surface area contributed by atoms with Crippen molar-refractivity contribution in [2.75, 3.05) is 6.54 Å². The summed E-state index contributed by atoms with van der Waals surface area (Å²) in [5.74, 6) is -4.09. The van der Waals surface area contributed by atoms with E-state index in [9.17, 15) is 36.8 Å². The van der Waals surface area contributed by atoms with E-state index in [1.165, 1.54) is 21.9 Å². The fourth-order valence-electron chi connectivity index (χ4n) is 8.00. The first-order chi connectivity index (χ1) is 24.5. The molecule has 3 saturated carbocycles. The number of ether oxygens (including phenoxy) is 1. The molecule has 1 aromatic carbocycles. The summed E-state index contributed by atoms with van der Waals surface area (Å²) in [6.45, 7) is 9.33. The maximum Gasteiger partial charge on any atom is 0.410 e. The minimum atomic E-state index is -3.91. The summed E-state index contributed by atoms with van der Waals surface area (Å²) < 4.78 is 47.8. The van der Waals surface area contributed by atoms with Crippen LogP contribution in [0, 0.1) is 23.6 Å². The highest BCUT2D eigenvalue weighted by molar-refractivity contribution is 7.91. The first-order valence-electron chi connectivity index (χ1n) is 18.4. The van der Waals surface area contributed by atoms with Gasteiger partial charge in [0.15, 0.2) is 0 Å². The van der Waals surface area contributed by atoms with Crippen LogP contribution in [0.15, 0.2) is 30.9 Å². The number of nitrogens with one attached hydrogen (secondary N) is 3. The van der Waals surface area contributed by atoms with Gasteiger partial charge in [0.05, 0.1) is 18.3 Å². The number of nitrogens with zero attached hydrogens (tertiary/aromatic N) is 2. The molecular formula is C37H50FN5O8S. The highest BCUT2D eigenvalue weighted by atomic mass is 32.2. The quantitative estimate of drug-likeness (QED) is 0.290. The van der Waals surface area contributed by atoms with Crippen molar-refractivity contribution in [3.63, 3.8) is 0 Å². The molecule has 13 nitrogen and oxygen atoms in total. The highest BCUT2D eigenvalue weighted by Crippen LogP contribution is 2.46. The van der Waals surface area contributed by atoms with E-state index in [1.807, 2.05) is 20.8 Å². The zero-order valence-corrected chi connectivity index (χ0v) is 30.9. The number of fused-ring (bicyclic) bond motifs is 1. The fourth-order valence-corrected chi connectivity index (χ4v) is 9.36. The van der Waals surface area contributed by atoms with E-state index in [-0.39, 0.29) is 50.7 Å². The second kappa shape index (κ2) is 14.4. The third-order valence-corrected chi connectivity index (χ3v) is 12.8. The summed E-state index contributed by atoms with van der Waals surface area (Å²) in [7, 11) is -3.91. The molecule has 0 spiro atoms. The lowest BCUT2D eigenvalue weighted by molar-refractivity contribution is -0.146. The molecule has 6 rings (SSSR count). The Hall–Kier alpha value is -4.01. The summed E-state index contributed by atoms with van der Waals surface area (Å²) in [5, 5.41) is 5.05. The lowest BCUT2D eigenvalue weighted by Gasteiger charge is -2.35. The minimum Gasteiger partial charge on any atom is -0.444 e. The van der Waals surface area contributed by atoms with Crippen LogP contribution < -0.4 is 15.4 Å². The number of rotatable bonds is 11. The lowest BCUT2D eigenvalue weighted by Crippen LogP contribution is -2.57. The van der Waals surface area contributed by atoms with Crippen LogP contribution in [-0.4, -0.2) is 83.0 Å². The van der Waals surface area contributed by atoms with Crippen molar-refractivity contribution in [3.05, 3.63) is 47.8 Å². The SMILES string of the molecule is C=C[C@@H]1C[C@@]1(NC(=O)[C@@H]1C[C@@H](OC(=O)N2Cc3cccc(F)c3C2)CN1C(=O)[C@H](CC(=O)NC(C)(C)C)C1CCCCC1)C(=O)NS(=O)(=O)C1CC1. The Labute approximate surface area is 304 Å². The van der Waals surface area contributed by atoms with Gasteiger partial charge in [-0.15, -0.1) is 6.58 Å². The van der Waals surface area contributed by atoms with Crippen molar-refractivity contribution in [2.45, 2.75) is 127 Å². The number of benzene rings is 1.